The molecule has 6 nitrogen and oxygen atoms in total. The summed E-state index contributed by atoms with van der Waals surface area (Å²) in [6.45, 7) is 3.99. The molecular weight excluding hydrogens is 456 g/mol. The molecule has 3 heterocycles. The Morgan fingerprint density at radius 3 is 2.58 bits per heavy atom. The number of ether oxygens (including phenoxy) is 1. The van der Waals surface area contributed by atoms with Crippen LogP contribution in [0.25, 0.3) is 10.2 Å². The highest BCUT2D eigenvalue weighted by atomic mass is 32.1. The first kappa shape index (κ1) is 21.4. The lowest BCUT2D eigenvalue weighted by Crippen LogP contribution is -2.30. The van der Waals surface area contributed by atoms with Gasteiger partial charge in [0.15, 0.2) is 10.9 Å². The molecule has 33 heavy (non-hydrogen) atoms. The molecule has 2 aromatic heterocycles. The van der Waals surface area contributed by atoms with Crippen LogP contribution in [-0.2, 0) is 4.79 Å². The van der Waals surface area contributed by atoms with E-state index < -0.39 is 17.7 Å². The summed E-state index contributed by atoms with van der Waals surface area (Å²) in [6, 6.07) is 13.9. The lowest BCUT2D eigenvalue weighted by molar-refractivity contribution is -0.117. The Labute approximate surface area is 198 Å². The number of aliphatic hydroxyl groups is 1. The number of thiazole rings is 1. The second kappa shape index (κ2) is 8.13. The molecule has 0 bridgehead atoms. The zero-order valence-corrected chi connectivity index (χ0v) is 19.8. The van der Waals surface area contributed by atoms with E-state index in [1.165, 1.54) is 27.6 Å². The molecule has 0 aliphatic carbocycles. The van der Waals surface area contributed by atoms with Gasteiger partial charge in [-0.15, -0.1) is 11.3 Å². The molecule has 0 fully saturated rings. The fourth-order valence-electron chi connectivity index (χ4n) is 4.14. The number of carbonyl (C=O) groups excluding carboxylic acids is 2. The van der Waals surface area contributed by atoms with E-state index in [0.29, 0.717) is 21.3 Å². The van der Waals surface area contributed by atoms with Crippen LogP contribution >= 0.6 is 22.7 Å². The Kier molecular flexibility index (Phi) is 5.26. The molecule has 1 aliphatic rings. The number of hydrogen-bond donors (Lipinski definition) is 1. The number of hydrogen-bond acceptors (Lipinski definition) is 7. The summed E-state index contributed by atoms with van der Waals surface area (Å²) in [5.41, 5.74) is 3.65. The van der Waals surface area contributed by atoms with Crippen LogP contribution in [-0.4, -0.2) is 28.9 Å². The smallest absolute Gasteiger partial charge is 0.296 e. The van der Waals surface area contributed by atoms with Crippen LogP contribution in [0.5, 0.6) is 5.75 Å². The average molecular weight is 477 g/mol. The van der Waals surface area contributed by atoms with Crippen molar-refractivity contribution in [3.8, 4) is 5.75 Å². The van der Waals surface area contributed by atoms with Crippen molar-refractivity contribution in [3.63, 3.8) is 0 Å². The molecule has 1 N–H and O–H groups in total. The van der Waals surface area contributed by atoms with Crippen LogP contribution in [0, 0.1) is 13.8 Å². The minimum atomic E-state index is -0.806. The highest BCUT2D eigenvalue weighted by Gasteiger charge is 2.46. The number of carbonyl (C=O) groups is 2. The lowest BCUT2D eigenvalue weighted by Gasteiger charge is -2.24. The number of anilines is 1. The Bertz CT molecular complexity index is 1420. The van der Waals surface area contributed by atoms with Crippen LogP contribution in [0.4, 0.5) is 5.13 Å². The normalized spacial score (nSPS) is 16.2. The average Bonchev–Trinajstić information content (AvgIpc) is 3.53. The van der Waals surface area contributed by atoms with Crippen molar-refractivity contribution >= 4 is 49.7 Å². The second-order valence-electron chi connectivity index (χ2n) is 7.84. The van der Waals surface area contributed by atoms with Crippen LogP contribution in [0.3, 0.4) is 0 Å². The quantitative estimate of drug-likeness (QED) is 0.370. The number of methoxy groups -OCH3 is 1. The van der Waals surface area contributed by atoms with E-state index in [4.69, 9.17) is 9.72 Å². The van der Waals surface area contributed by atoms with Crippen molar-refractivity contribution in [2.75, 3.05) is 12.0 Å². The lowest BCUT2D eigenvalue weighted by atomic mass is 9.95. The number of benzene rings is 2. The van der Waals surface area contributed by atoms with Gasteiger partial charge in [-0.3, -0.25) is 14.5 Å². The third kappa shape index (κ3) is 3.51. The molecule has 166 valence electrons. The number of aromatic nitrogens is 1. The second-order valence-corrected chi connectivity index (χ2v) is 9.80. The predicted octanol–water partition coefficient (Wildman–Crippen LogP) is 5.77. The zero-order valence-electron chi connectivity index (χ0n) is 18.2. The molecular formula is C25H20N2O4S2. The molecule has 0 unspecified atom stereocenters. The number of aryl methyl sites for hydroxylation is 2. The highest BCUT2D eigenvalue weighted by Crippen LogP contribution is 2.45. The Morgan fingerprint density at radius 1 is 1.15 bits per heavy atom. The molecule has 4 aromatic rings. The van der Waals surface area contributed by atoms with Gasteiger partial charge in [0.25, 0.3) is 5.91 Å². The first-order valence-electron chi connectivity index (χ1n) is 10.3. The highest BCUT2D eigenvalue weighted by molar-refractivity contribution is 7.22. The number of rotatable bonds is 5. The topological polar surface area (TPSA) is 79.7 Å². The van der Waals surface area contributed by atoms with Gasteiger partial charge in [-0.05, 0) is 60.2 Å². The van der Waals surface area contributed by atoms with Gasteiger partial charge in [0, 0.05) is 0 Å². The Hall–Kier alpha value is -3.49. The van der Waals surface area contributed by atoms with Crippen LogP contribution < -0.4 is 9.64 Å². The third-order valence-electron chi connectivity index (χ3n) is 5.65. The van der Waals surface area contributed by atoms with Gasteiger partial charge in [-0.25, -0.2) is 4.98 Å². The maximum absolute atomic E-state index is 13.4. The molecule has 0 spiro atoms. The summed E-state index contributed by atoms with van der Waals surface area (Å²) < 4.78 is 6.21. The van der Waals surface area contributed by atoms with E-state index in [9.17, 15) is 14.7 Å². The number of nitrogens with zero attached hydrogens (tertiary/aromatic N) is 2. The van der Waals surface area contributed by atoms with Gasteiger partial charge < -0.3 is 9.84 Å². The molecule has 1 aliphatic heterocycles. The number of Topliss-reactive ketones (excluding diaryl/α,β-unsaturated/α-hetero) is 1. The minimum Gasteiger partial charge on any atom is -0.503 e. The fourth-order valence-corrected chi connectivity index (χ4v) is 5.98. The summed E-state index contributed by atoms with van der Waals surface area (Å²) in [7, 11) is 1.57. The molecule has 1 amide bonds. The molecule has 0 radical (unpaired) electrons. The van der Waals surface area contributed by atoms with Gasteiger partial charge in [-0.1, -0.05) is 35.6 Å². The van der Waals surface area contributed by atoms with Crippen LogP contribution in [0.1, 0.15) is 32.4 Å². The summed E-state index contributed by atoms with van der Waals surface area (Å²) in [5, 5.41) is 13.1. The minimum absolute atomic E-state index is 0.0553. The van der Waals surface area contributed by atoms with Gasteiger partial charge in [0.1, 0.15) is 5.75 Å². The van der Waals surface area contributed by atoms with Gasteiger partial charge in [-0.2, -0.15) is 0 Å². The number of thiophene rings is 1. The number of fused-ring (bicyclic) bond motifs is 1. The van der Waals surface area contributed by atoms with E-state index in [2.05, 4.69) is 0 Å². The SMILES string of the molecule is COc1ccc([C@H]2C(C(=O)c3cccs3)=C(O)C(=O)N2c2nc3c(C)cc(C)cc3s2)cc1. The van der Waals surface area contributed by atoms with Gasteiger partial charge in [0.05, 0.1) is 33.8 Å². The Morgan fingerprint density at radius 2 is 1.91 bits per heavy atom. The first-order chi connectivity index (χ1) is 15.9. The molecule has 8 heteroatoms. The van der Waals surface area contributed by atoms with Crippen molar-refractivity contribution in [1.29, 1.82) is 0 Å². The standard InChI is InChI=1S/C25H20N2O4S2/c1-13-11-14(2)20-18(12-13)33-25(26-20)27-21(15-6-8-16(31-3)9-7-15)19(23(29)24(27)30)22(28)17-5-4-10-32-17/h4-12,21,29H,1-3H3/t21-/m0/s1. The predicted molar refractivity (Wildman–Crippen MR) is 131 cm³/mol. The van der Waals surface area contributed by atoms with E-state index in [-0.39, 0.29) is 11.4 Å². The summed E-state index contributed by atoms with van der Waals surface area (Å²) in [6.07, 6.45) is 0. The summed E-state index contributed by atoms with van der Waals surface area (Å²) >= 11 is 2.64. The monoisotopic (exact) mass is 476 g/mol. The number of amides is 1. The van der Waals surface area contributed by atoms with Crippen molar-refractivity contribution in [2.45, 2.75) is 19.9 Å². The number of aliphatic hydroxyl groups excluding tert-OH is 1. The first-order valence-corrected chi connectivity index (χ1v) is 11.9. The van der Waals surface area contributed by atoms with E-state index >= 15 is 0 Å². The van der Waals surface area contributed by atoms with E-state index in [1.54, 1.807) is 48.9 Å². The molecule has 2 aromatic carbocycles. The summed E-state index contributed by atoms with van der Waals surface area (Å²) in [5.74, 6) is -0.891. The zero-order chi connectivity index (χ0) is 23.3. The van der Waals surface area contributed by atoms with Gasteiger partial charge >= 0.3 is 0 Å². The fraction of sp³-hybridized carbons (Fsp3) is 0.160. The van der Waals surface area contributed by atoms with Crippen molar-refractivity contribution < 1.29 is 19.4 Å². The van der Waals surface area contributed by atoms with Crippen LogP contribution in [0.15, 0.2) is 65.2 Å². The largest absolute Gasteiger partial charge is 0.503 e. The molecule has 0 saturated carbocycles. The van der Waals surface area contributed by atoms with Crippen molar-refractivity contribution in [3.05, 3.63) is 86.8 Å². The maximum atomic E-state index is 13.4. The van der Waals surface area contributed by atoms with Crippen LogP contribution in [0.2, 0.25) is 0 Å². The third-order valence-corrected chi connectivity index (χ3v) is 7.52. The molecule has 0 saturated heterocycles. The number of ketones is 1. The Balaban J connectivity index is 1.69. The molecule has 5 rings (SSSR count). The molecule has 1 atom stereocenters. The maximum Gasteiger partial charge on any atom is 0.296 e. The van der Waals surface area contributed by atoms with Gasteiger partial charge in [0.2, 0.25) is 5.78 Å². The van der Waals surface area contributed by atoms with E-state index in [0.717, 1.165) is 21.3 Å². The summed E-state index contributed by atoms with van der Waals surface area (Å²) in [4.78, 5) is 33.4. The van der Waals surface area contributed by atoms with Crippen molar-refractivity contribution in [1.82, 2.24) is 4.98 Å². The van der Waals surface area contributed by atoms with E-state index in [1.807, 2.05) is 26.0 Å². The van der Waals surface area contributed by atoms with Crippen molar-refractivity contribution in [2.24, 2.45) is 0 Å².